The maximum Gasteiger partial charge on any atom is 0.220 e. The number of amides is 1. The minimum Gasteiger partial charge on any atom is -0.352 e. The van der Waals surface area contributed by atoms with Gasteiger partial charge in [0.1, 0.15) is 0 Å². The van der Waals surface area contributed by atoms with E-state index in [0.717, 1.165) is 18.4 Å². The lowest BCUT2D eigenvalue weighted by Gasteiger charge is -2.16. The molecular formula is C17H26N2O3S. The predicted molar refractivity (Wildman–Crippen MR) is 91.3 cm³/mol. The Bertz CT molecular complexity index is 602. The number of nitrogens with zero attached hydrogens (tertiary/aromatic N) is 1. The Hall–Kier alpha value is -1.40. The van der Waals surface area contributed by atoms with E-state index in [-0.39, 0.29) is 17.6 Å². The van der Waals surface area contributed by atoms with E-state index in [9.17, 15) is 13.2 Å². The van der Waals surface area contributed by atoms with Crippen molar-refractivity contribution in [2.24, 2.45) is 5.92 Å². The summed E-state index contributed by atoms with van der Waals surface area (Å²) in [6, 6.07) is 9.77. The van der Waals surface area contributed by atoms with Crippen molar-refractivity contribution >= 4 is 15.9 Å². The molecule has 6 heteroatoms. The van der Waals surface area contributed by atoms with Gasteiger partial charge in [0.05, 0.1) is 5.75 Å². The highest BCUT2D eigenvalue weighted by Gasteiger charge is 2.31. The molecular weight excluding hydrogens is 312 g/mol. The second-order valence-electron chi connectivity index (χ2n) is 6.15. The Labute approximate surface area is 139 Å². The molecule has 0 radical (unpaired) electrons. The van der Waals surface area contributed by atoms with Gasteiger partial charge in [-0.15, -0.1) is 0 Å². The van der Waals surface area contributed by atoms with Crippen LogP contribution in [0.25, 0.3) is 0 Å². The molecule has 1 aliphatic rings. The molecule has 0 spiro atoms. The van der Waals surface area contributed by atoms with Crippen LogP contribution in [0.5, 0.6) is 0 Å². The highest BCUT2D eigenvalue weighted by Crippen LogP contribution is 2.23. The lowest BCUT2D eigenvalue weighted by atomic mass is 10.0. The first-order valence-electron chi connectivity index (χ1n) is 8.29. The third-order valence-corrected chi connectivity index (χ3v) is 6.13. The largest absolute Gasteiger partial charge is 0.352 e. The first-order chi connectivity index (χ1) is 11.0. The lowest BCUT2D eigenvalue weighted by Crippen LogP contribution is -2.32. The van der Waals surface area contributed by atoms with Crippen LogP contribution >= 0.6 is 0 Å². The van der Waals surface area contributed by atoms with E-state index < -0.39 is 10.0 Å². The maximum atomic E-state index is 12.2. The maximum absolute atomic E-state index is 12.2. The molecule has 2 rings (SSSR count). The van der Waals surface area contributed by atoms with Crippen molar-refractivity contribution < 1.29 is 13.2 Å². The first-order valence-corrected chi connectivity index (χ1v) is 9.90. The molecule has 1 saturated heterocycles. The number of unbranched alkanes of at least 4 members (excludes halogenated alkanes) is 1. The number of hydrogen-bond acceptors (Lipinski definition) is 3. The average Bonchev–Trinajstić information content (AvgIpc) is 3.01. The van der Waals surface area contributed by atoms with Crippen molar-refractivity contribution in [1.29, 1.82) is 0 Å². The van der Waals surface area contributed by atoms with Gasteiger partial charge in [0.25, 0.3) is 0 Å². The minimum absolute atomic E-state index is 0.00772. The fourth-order valence-corrected chi connectivity index (χ4v) is 4.54. The lowest BCUT2D eigenvalue weighted by molar-refractivity contribution is -0.122. The third-order valence-electron chi connectivity index (χ3n) is 4.20. The standard InChI is InChI=1S/C17H26N2O3S/c1-2-3-11-23(21,22)19-10-9-16(14-19)12-17(20)18-13-15-7-5-4-6-8-15/h4-8,16H,2-3,9-14H2,1H3,(H,18,20)/t16-/m1/s1. The number of rotatable bonds is 8. The average molecular weight is 338 g/mol. The summed E-state index contributed by atoms with van der Waals surface area (Å²) in [5.74, 6) is 0.338. The van der Waals surface area contributed by atoms with Gasteiger partial charge < -0.3 is 5.32 Å². The van der Waals surface area contributed by atoms with Crippen molar-refractivity contribution in [3.63, 3.8) is 0 Å². The monoisotopic (exact) mass is 338 g/mol. The van der Waals surface area contributed by atoms with Gasteiger partial charge in [0, 0.05) is 26.1 Å². The predicted octanol–water partition coefficient (Wildman–Crippen LogP) is 2.14. The van der Waals surface area contributed by atoms with Gasteiger partial charge >= 0.3 is 0 Å². The molecule has 1 fully saturated rings. The van der Waals surface area contributed by atoms with E-state index in [4.69, 9.17) is 0 Å². The Morgan fingerprint density at radius 3 is 2.74 bits per heavy atom. The molecule has 1 aromatic rings. The number of sulfonamides is 1. The van der Waals surface area contributed by atoms with Crippen LogP contribution in [0.2, 0.25) is 0 Å². The van der Waals surface area contributed by atoms with Gasteiger partial charge in [-0.2, -0.15) is 0 Å². The highest BCUT2D eigenvalue weighted by molar-refractivity contribution is 7.89. The van der Waals surface area contributed by atoms with Crippen molar-refractivity contribution in [3.05, 3.63) is 35.9 Å². The molecule has 1 aromatic carbocycles. The quantitative estimate of drug-likeness (QED) is 0.790. The van der Waals surface area contributed by atoms with Crippen molar-refractivity contribution in [2.45, 2.75) is 39.2 Å². The van der Waals surface area contributed by atoms with Crippen molar-refractivity contribution in [3.8, 4) is 0 Å². The van der Waals surface area contributed by atoms with Gasteiger partial charge in [0.2, 0.25) is 15.9 Å². The van der Waals surface area contributed by atoms with Gasteiger partial charge in [0.15, 0.2) is 0 Å². The van der Waals surface area contributed by atoms with Crippen molar-refractivity contribution in [1.82, 2.24) is 9.62 Å². The fraction of sp³-hybridized carbons (Fsp3) is 0.588. The van der Waals surface area contributed by atoms with Crippen LogP contribution in [0.1, 0.15) is 38.2 Å². The first kappa shape index (κ1) is 17.9. The molecule has 1 atom stereocenters. The van der Waals surface area contributed by atoms with E-state index in [1.165, 1.54) is 0 Å². The summed E-state index contributed by atoms with van der Waals surface area (Å²) in [5, 5.41) is 2.91. The van der Waals surface area contributed by atoms with Gasteiger partial charge in [-0.1, -0.05) is 43.7 Å². The van der Waals surface area contributed by atoms with E-state index in [0.29, 0.717) is 32.5 Å². The van der Waals surface area contributed by atoms with Crippen molar-refractivity contribution in [2.75, 3.05) is 18.8 Å². The van der Waals surface area contributed by atoms with Crippen LogP contribution in [-0.4, -0.2) is 37.5 Å². The Morgan fingerprint density at radius 1 is 1.30 bits per heavy atom. The number of nitrogens with one attached hydrogen (secondary N) is 1. The van der Waals surface area contributed by atoms with Gasteiger partial charge in [-0.25, -0.2) is 12.7 Å². The molecule has 0 saturated carbocycles. The molecule has 0 aromatic heterocycles. The molecule has 5 nitrogen and oxygen atoms in total. The Kier molecular flexibility index (Phi) is 6.59. The zero-order chi connectivity index (χ0) is 16.7. The van der Waals surface area contributed by atoms with Crippen LogP contribution in [0, 0.1) is 5.92 Å². The molecule has 1 heterocycles. The molecule has 1 amide bonds. The molecule has 0 aliphatic carbocycles. The van der Waals surface area contributed by atoms with E-state index >= 15 is 0 Å². The summed E-state index contributed by atoms with van der Waals surface area (Å²) in [7, 11) is -3.14. The second-order valence-corrected chi connectivity index (χ2v) is 8.24. The second kappa shape index (κ2) is 8.45. The molecule has 1 N–H and O–H groups in total. The van der Waals surface area contributed by atoms with E-state index in [1.54, 1.807) is 4.31 Å². The smallest absolute Gasteiger partial charge is 0.220 e. The summed E-state index contributed by atoms with van der Waals surface area (Å²) in [6.07, 6.45) is 2.73. The zero-order valence-corrected chi connectivity index (χ0v) is 14.5. The summed E-state index contributed by atoms with van der Waals surface area (Å²) >= 11 is 0. The van der Waals surface area contributed by atoms with Crippen LogP contribution in [0.3, 0.4) is 0 Å². The van der Waals surface area contributed by atoms with Crippen LogP contribution in [0.15, 0.2) is 30.3 Å². The Balaban J connectivity index is 1.75. The van der Waals surface area contributed by atoms with Gasteiger partial charge in [-0.05, 0) is 24.3 Å². The summed E-state index contributed by atoms with van der Waals surface area (Å²) in [4.78, 5) is 12.0. The van der Waals surface area contributed by atoms with E-state index in [2.05, 4.69) is 5.32 Å². The molecule has 0 unspecified atom stereocenters. The van der Waals surface area contributed by atoms with Crippen LogP contribution in [-0.2, 0) is 21.4 Å². The summed E-state index contributed by atoms with van der Waals surface area (Å²) in [5.41, 5.74) is 1.07. The molecule has 1 aliphatic heterocycles. The number of benzene rings is 1. The number of carbonyl (C=O) groups is 1. The number of carbonyl (C=O) groups excluding carboxylic acids is 1. The SMILES string of the molecule is CCCCS(=O)(=O)N1CC[C@H](CC(=O)NCc2ccccc2)C1. The molecule has 0 bridgehead atoms. The number of hydrogen-bond donors (Lipinski definition) is 1. The fourth-order valence-electron chi connectivity index (χ4n) is 2.80. The molecule has 128 valence electrons. The Morgan fingerprint density at radius 2 is 2.04 bits per heavy atom. The van der Waals surface area contributed by atoms with Gasteiger partial charge in [-0.3, -0.25) is 4.79 Å². The minimum atomic E-state index is -3.14. The van der Waals surface area contributed by atoms with Crippen LogP contribution < -0.4 is 5.32 Å². The topological polar surface area (TPSA) is 66.5 Å². The zero-order valence-electron chi connectivity index (χ0n) is 13.7. The summed E-state index contributed by atoms with van der Waals surface area (Å²) in [6.45, 7) is 3.53. The highest BCUT2D eigenvalue weighted by atomic mass is 32.2. The normalized spacial score (nSPS) is 18.9. The third kappa shape index (κ3) is 5.62. The van der Waals surface area contributed by atoms with Crippen LogP contribution in [0.4, 0.5) is 0 Å². The van der Waals surface area contributed by atoms with E-state index in [1.807, 2.05) is 37.3 Å². The molecule has 23 heavy (non-hydrogen) atoms. The summed E-state index contributed by atoms with van der Waals surface area (Å²) < 4.78 is 25.9.